The van der Waals surface area contributed by atoms with Gasteiger partial charge >= 0.3 is 5.97 Å². The minimum Gasteiger partial charge on any atom is -0.467 e. The third-order valence-electron chi connectivity index (χ3n) is 3.57. The zero-order chi connectivity index (χ0) is 18.4. The second-order valence-electron chi connectivity index (χ2n) is 5.35. The largest absolute Gasteiger partial charge is 0.467 e. The lowest BCUT2D eigenvalue weighted by atomic mass is 10.0. The summed E-state index contributed by atoms with van der Waals surface area (Å²) in [6.45, 7) is 0. The number of methoxy groups -OCH3 is 1. The van der Waals surface area contributed by atoms with Crippen LogP contribution in [0.4, 0.5) is 8.78 Å². The Morgan fingerprint density at radius 3 is 2.28 bits per heavy atom. The molecule has 0 aliphatic heterocycles. The highest BCUT2D eigenvalue weighted by atomic mass is 79.9. The van der Waals surface area contributed by atoms with Crippen LogP contribution in [0.25, 0.3) is 0 Å². The Labute approximate surface area is 152 Å². The molecule has 1 atom stereocenters. The average Bonchev–Trinajstić information content (AvgIpc) is 2.59. The Kier molecular flexibility index (Phi) is 6.64. The standard InChI is InChI=1S/C18H16BrF2NO3/c1-25-18(24)16(9-11-5-7-12(19)8-6-11)22-17(23)10-13-14(20)3-2-4-15(13)21/h2-8,16H,9-10H2,1H3,(H,22,23)/t16-/m1/s1. The first-order valence-electron chi connectivity index (χ1n) is 7.45. The smallest absolute Gasteiger partial charge is 0.328 e. The van der Waals surface area contributed by atoms with Crippen molar-refractivity contribution in [1.82, 2.24) is 5.32 Å². The molecule has 7 heteroatoms. The van der Waals surface area contributed by atoms with Gasteiger partial charge in [0.05, 0.1) is 13.5 Å². The number of rotatable bonds is 6. The van der Waals surface area contributed by atoms with Crippen LogP contribution in [0.3, 0.4) is 0 Å². The van der Waals surface area contributed by atoms with E-state index in [4.69, 9.17) is 4.74 Å². The van der Waals surface area contributed by atoms with Gasteiger partial charge in [-0.1, -0.05) is 34.1 Å². The van der Waals surface area contributed by atoms with E-state index in [0.717, 1.165) is 22.2 Å². The average molecular weight is 412 g/mol. The summed E-state index contributed by atoms with van der Waals surface area (Å²) < 4.78 is 32.9. The second kappa shape index (κ2) is 8.71. The number of esters is 1. The molecule has 0 aliphatic rings. The van der Waals surface area contributed by atoms with Crippen molar-refractivity contribution >= 4 is 27.8 Å². The van der Waals surface area contributed by atoms with Crippen molar-refractivity contribution in [3.05, 3.63) is 69.7 Å². The Hall–Kier alpha value is -2.28. The Balaban J connectivity index is 2.09. The summed E-state index contributed by atoms with van der Waals surface area (Å²) in [4.78, 5) is 24.0. The van der Waals surface area contributed by atoms with Gasteiger partial charge in [0.25, 0.3) is 0 Å². The van der Waals surface area contributed by atoms with Crippen molar-refractivity contribution in [2.24, 2.45) is 0 Å². The van der Waals surface area contributed by atoms with Gasteiger partial charge in [-0.3, -0.25) is 4.79 Å². The lowest BCUT2D eigenvalue weighted by Gasteiger charge is -2.17. The molecule has 0 saturated carbocycles. The van der Waals surface area contributed by atoms with Crippen LogP contribution in [-0.2, 0) is 27.2 Å². The molecular formula is C18H16BrF2NO3. The van der Waals surface area contributed by atoms with Gasteiger partial charge < -0.3 is 10.1 Å². The third kappa shape index (κ3) is 5.35. The summed E-state index contributed by atoms with van der Waals surface area (Å²) in [5.41, 5.74) is 0.461. The van der Waals surface area contributed by atoms with E-state index in [2.05, 4.69) is 21.2 Å². The maximum atomic E-state index is 13.6. The van der Waals surface area contributed by atoms with E-state index >= 15 is 0 Å². The van der Waals surface area contributed by atoms with Crippen LogP contribution in [0.15, 0.2) is 46.9 Å². The number of halogens is 3. The van der Waals surface area contributed by atoms with Gasteiger partial charge in [-0.2, -0.15) is 0 Å². The number of hydrogen-bond acceptors (Lipinski definition) is 3. The number of carbonyl (C=O) groups is 2. The van der Waals surface area contributed by atoms with Crippen molar-refractivity contribution < 1.29 is 23.1 Å². The summed E-state index contributed by atoms with van der Waals surface area (Å²) in [5, 5.41) is 2.48. The Morgan fingerprint density at radius 1 is 1.12 bits per heavy atom. The summed E-state index contributed by atoms with van der Waals surface area (Å²) in [6, 6.07) is 9.62. The van der Waals surface area contributed by atoms with E-state index in [1.807, 2.05) is 0 Å². The fourth-order valence-corrected chi connectivity index (χ4v) is 2.56. The molecule has 2 aromatic rings. The molecule has 0 heterocycles. The molecule has 4 nitrogen and oxygen atoms in total. The first-order valence-corrected chi connectivity index (χ1v) is 8.24. The topological polar surface area (TPSA) is 55.4 Å². The summed E-state index contributed by atoms with van der Waals surface area (Å²) in [5.74, 6) is -2.92. The van der Waals surface area contributed by atoms with E-state index in [9.17, 15) is 18.4 Å². The van der Waals surface area contributed by atoms with Gasteiger partial charge in [-0.15, -0.1) is 0 Å². The van der Waals surface area contributed by atoms with Crippen LogP contribution in [0, 0.1) is 11.6 Å². The van der Waals surface area contributed by atoms with Crippen molar-refractivity contribution in [3.63, 3.8) is 0 Å². The predicted molar refractivity (Wildman–Crippen MR) is 91.9 cm³/mol. The molecule has 0 unspecified atom stereocenters. The van der Waals surface area contributed by atoms with Crippen LogP contribution in [-0.4, -0.2) is 25.0 Å². The van der Waals surface area contributed by atoms with E-state index in [-0.39, 0.29) is 12.0 Å². The maximum Gasteiger partial charge on any atom is 0.328 e. The van der Waals surface area contributed by atoms with Gasteiger partial charge in [0.2, 0.25) is 5.91 Å². The molecule has 0 aliphatic carbocycles. The van der Waals surface area contributed by atoms with E-state index in [0.29, 0.717) is 0 Å². The highest BCUT2D eigenvalue weighted by Crippen LogP contribution is 2.14. The molecular weight excluding hydrogens is 396 g/mol. The van der Waals surface area contributed by atoms with Gasteiger partial charge in [0, 0.05) is 16.5 Å². The van der Waals surface area contributed by atoms with Gasteiger partial charge in [0.15, 0.2) is 0 Å². The predicted octanol–water partition coefficient (Wildman–Crippen LogP) is 3.17. The molecule has 0 spiro atoms. The van der Waals surface area contributed by atoms with E-state index < -0.39 is 36.0 Å². The summed E-state index contributed by atoms with van der Waals surface area (Å²) in [7, 11) is 1.21. The van der Waals surface area contributed by atoms with Crippen LogP contribution in [0.2, 0.25) is 0 Å². The fourth-order valence-electron chi connectivity index (χ4n) is 2.30. The molecule has 0 bridgehead atoms. The molecule has 2 rings (SSSR count). The number of carbonyl (C=O) groups excluding carboxylic acids is 2. The quantitative estimate of drug-likeness (QED) is 0.742. The van der Waals surface area contributed by atoms with Crippen molar-refractivity contribution in [1.29, 1.82) is 0 Å². The van der Waals surface area contributed by atoms with Crippen LogP contribution < -0.4 is 5.32 Å². The zero-order valence-corrected chi connectivity index (χ0v) is 15.0. The van der Waals surface area contributed by atoms with Crippen molar-refractivity contribution in [3.8, 4) is 0 Å². The van der Waals surface area contributed by atoms with Crippen molar-refractivity contribution in [2.75, 3.05) is 7.11 Å². The number of hydrogen-bond donors (Lipinski definition) is 1. The number of amides is 1. The normalized spacial score (nSPS) is 11.7. The lowest BCUT2D eigenvalue weighted by molar-refractivity contribution is -0.145. The molecule has 1 N–H and O–H groups in total. The fraction of sp³-hybridized carbons (Fsp3) is 0.222. The van der Waals surface area contributed by atoms with E-state index in [1.165, 1.54) is 13.2 Å². The number of benzene rings is 2. The highest BCUT2D eigenvalue weighted by Gasteiger charge is 2.23. The SMILES string of the molecule is COC(=O)[C@@H](Cc1ccc(Br)cc1)NC(=O)Cc1c(F)cccc1F. The van der Waals surface area contributed by atoms with Gasteiger partial charge in [-0.05, 0) is 29.8 Å². The molecule has 2 aromatic carbocycles. The zero-order valence-electron chi connectivity index (χ0n) is 13.4. The third-order valence-corrected chi connectivity index (χ3v) is 4.10. The Morgan fingerprint density at radius 2 is 1.72 bits per heavy atom. The van der Waals surface area contributed by atoms with Gasteiger partial charge in [-0.25, -0.2) is 13.6 Å². The minimum absolute atomic E-state index is 0.200. The van der Waals surface area contributed by atoms with E-state index in [1.54, 1.807) is 24.3 Å². The minimum atomic E-state index is -0.950. The first kappa shape index (κ1) is 19.1. The maximum absolute atomic E-state index is 13.6. The molecule has 1 amide bonds. The monoisotopic (exact) mass is 411 g/mol. The summed E-state index contributed by atoms with van der Waals surface area (Å²) in [6.07, 6.45) is -0.308. The molecule has 0 radical (unpaired) electrons. The molecule has 132 valence electrons. The highest BCUT2D eigenvalue weighted by molar-refractivity contribution is 9.10. The molecule has 0 fully saturated rings. The van der Waals surface area contributed by atoms with Gasteiger partial charge in [0.1, 0.15) is 17.7 Å². The molecule has 0 saturated heterocycles. The van der Waals surface area contributed by atoms with Crippen LogP contribution >= 0.6 is 15.9 Å². The van der Waals surface area contributed by atoms with Crippen LogP contribution in [0.5, 0.6) is 0 Å². The number of nitrogens with one attached hydrogen (secondary N) is 1. The van der Waals surface area contributed by atoms with Crippen LogP contribution in [0.1, 0.15) is 11.1 Å². The summed E-state index contributed by atoms with van der Waals surface area (Å²) >= 11 is 3.31. The molecule has 0 aromatic heterocycles. The second-order valence-corrected chi connectivity index (χ2v) is 6.27. The number of ether oxygens (including phenoxy) is 1. The van der Waals surface area contributed by atoms with Crippen molar-refractivity contribution in [2.45, 2.75) is 18.9 Å². The first-order chi connectivity index (χ1) is 11.9. The molecule has 25 heavy (non-hydrogen) atoms. The Bertz CT molecular complexity index is 745. The lowest BCUT2D eigenvalue weighted by Crippen LogP contribution is -2.43.